The molecule has 21 heavy (non-hydrogen) atoms. The van der Waals surface area contributed by atoms with Gasteiger partial charge in [-0.05, 0) is 18.6 Å². The molecule has 0 unspecified atom stereocenters. The number of hydrogen-bond donors (Lipinski definition) is 2. The Hall–Kier alpha value is -0.680. The van der Waals surface area contributed by atoms with Gasteiger partial charge in [0.25, 0.3) is 0 Å². The van der Waals surface area contributed by atoms with E-state index in [1.807, 2.05) is 20.8 Å². The molecule has 0 saturated carbocycles. The van der Waals surface area contributed by atoms with E-state index in [-0.39, 0.29) is 18.5 Å². The first-order valence-corrected chi connectivity index (χ1v) is 7.76. The molecule has 0 amide bonds. The third kappa shape index (κ3) is 3.39. The van der Waals surface area contributed by atoms with Crippen LogP contribution >= 0.6 is 11.6 Å². The number of piperazine rings is 1. The van der Waals surface area contributed by atoms with Gasteiger partial charge in [-0.3, -0.25) is 4.90 Å². The molecule has 0 aromatic heterocycles. The fourth-order valence-corrected chi connectivity index (χ4v) is 3.28. The Bertz CT molecular complexity index is 501. The first-order valence-electron chi connectivity index (χ1n) is 7.38. The number of halogens is 2. The van der Waals surface area contributed by atoms with Crippen LogP contribution in [0.4, 0.5) is 4.39 Å². The molecule has 3 nitrogen and oxygen atoms in total. The second-order valence-electron chi connectivity index (χ2n) is 6.43. The molecular formula is C16H24ClFN2O. The van der Waals surface area contributed by atoms with Gasteiger partial charge in [-0.2, -0.15) is 0 Å². The van der Waals surface area contributed by atoms with E-state index in [1.165, 1.54) is 6.07 Å². The van der Waals surface area contributed by atoms with Gasteiger partial charge in [0.1, 0.15) is 5.82 Å². The number of rotatable bonds is 4. The molecule has 2 N–H and O–H groups in total. The zero-order valence-corrected chi connectivity index (χ0v) is 13.7. The van der Waals surface area contributed by atoms with Crippen LogP contribution in [0.25, 0.3) is 0 Å². The minimum Gasteiger partial charge on any atom is -0.396 e. The van der Waals surface area contributed by atoms with Crippen LogP contribution in [0.3, 0.4) is 0 Å². The zero-order chi connectivity index (χ0) is 15.6. The molecule has 2 rings (SSSR count). The lowest BCUT2D eigenvalue weighted by Gasteiger charge is -2.44. The predicted molar refractivity (Wildman–Crippen MR) is 84.2 cm³/mol. The van der Waals surface area contributed by atoms with Gasteiger partial charge in [0.2, 0.25) is 0 Å². The number of benzene rings is 1. The molecule has 1 atom stereocenters. The fraction of sp³-hybridized carbons (Fsp3) is 0.625. The quantitative estimate of drug-likeness (QED) is 0.897. The summed E-state index contributed by atoms with van der Waals surface area (Å²) in [5.41, 5.74) is 0.898. The van der Waals surface area contributed by atoms with E-state index in [0.29, 0.717) is 10.6 Å². The Morgan fingerprint density at radius 2 is 2.00 bits per heavy atom. The molecule has 0 spiro atoms. The van der Waals surface area contributed by atoms with E-state index in [0.717, 1.165) is 31.7 Å². The van der Waals surface area contributed by atoms with Gasteiger partial charge in [0, 0.05) is 49.8 Å². The van der Waals surface area contributed by atoms with E-state index < -0.39 is 5.41 Å². The van der Waals surface area contributed by atoms with Crippen molar-refractivity contribution >= 4 is 11.6 Å². The lowest BCUT2D eigenvalue weighted by atomic mass is 9.79. The van der Waals surface area contributed by atoms with Crippen molar-refractivity contribution in [2.75, 3.05) is 32.8 Å². The monoisotopic (exact) mass is 314 g/mol. The summed E-state index contributed by atoms with van der Waals surface area (Å²) in [5, 5.41) is 13.6. The molecule has 0 aliphatic carbocycles. The summed E-state index contributed by atoms with van der Waals surface area (Å²) in [6, 6.07) is 2.93. The summed E-state index contributed by atoms with van der Waals surface area (Å²) in [7, 11) is 0. The summed E-state index contributed by atoms with van der Waals surface area (Å²) >= 11 is 6.41. The van der Waals surface area contributed by atoms with Gasteiger partial charge in [0.15, 0.2) is 0 Å². The van der Waals surface area contributed by atoms with Crippen molar-refractivity contribution in [1.82, 2.24) is 10.2 Å². The molecule has 1 aliphatic heterocycles. The molecule has 5 heteroatoms. The predicted octanol–water partition coefficient (Wildman–Crippen LogP) is 2.75. The number of nitrogens with zero attached hydrogens (tertiary/aromatic N) is 1. The first-order chi connectivity index (χ1) is 9.88. The average molecular weight is 315 g/mol. The Morgan fingerprint density at radius 3 is 2.57 bits per heavy atom. The molecule has 1 fully saturated rings. The van der Waals surface area contributed by atoms with Crippen LogP contribution in [0.5, 0.6) is 0 Å². The van der Waals surface area contributed by atoms with Crippen molar-refractivity contribution in [3.63, 3.8) is 0 Å². The lowest BCUT2D eigenvalue weighted by Crippen LogP contribution is -2.50. The summed E-state index contributed by atoms with van der Waals surface area (Å²) in [6.45, 7) is 9.13. The van der Waals surface area contributed by atoms with Crippen molar-refractivity contribution in [1.29, 1.82) is 0 Å². The van der Waals surface area contributed by atoms with Gasteiger partial charge >= 0.3 is 0 Å². The third-order valence-corrected chi connectivity index (χ3v) is 4.76. The first kappa shape index (κ1) is 16.7. The van der Waals surface area contributed by atoms with Gasteiger partial charge in [0.05, 0.1) is 5.02 Å². The second kappa shape index (κ2) is 6.61. The van der Waals surface area contributed by atoms with Crippen LogP contribution in [-0.2, 0) is 0 Å². The molecule has 1 aromatic carbocycles. The van der Waals surface area contributed by atoms with Crippen LogP contribution in [0, 0.1) is 18.2 Å². The van der Waals surface area contributed by atoms with Gasteiger partial charge in [-0.25, -0.2) is 4.39 Å². The molecule has 0 radical (unpaired) electrons. The van der Waals surface area contributed by atoms with E-state index in [4.69, 9.17) is 11.6 Å². The molecule has 0 bridgehead atoms. The van der Waals surface area contributed by atoms with Crippen LogP contribution in [0.1, 0.15) is 31.0 Å². The second-order valence-corrected chi connectivity index (χ2v) is 6.81. The highest BCUT2D eigenvalue weighted by Crippen LogP contribution is 2.43. The highest BCUT2D eigenvalue weighted by Gasteiger charge is 2.38. The van der Waals surface area contributed by atoms with Gasteiger partial charge in [-0.1, -0.05) is 31.5 Å². The summed E-state index contributed by atoms with van der Waals surface area (Å²) in [5.74, 6) is -0.296. The molecule has 1 aromatic rings. The van der Waals surface area contributed by atoms with Crippen LogP contribution in [0.15, 0.2) is 12.1 Å². The topological polar surface area (TPSA) is 35.5 Å². The summed E-state index contributed by atoms with van der Waals surface area (Å²) in [4.78, 5) is 2.22. The van der Waals surface area contributed by atoms with Crippen LogP contribution < -0.4 is 5.32 Å². The normalized spacial score (nSPS) is 18.8. The highest BCUT2D eigenvalue weighted by molar-refractivity contribution is 6.32. The van der Waals surface area contributed by atoms with Gasteiger partial charge in [-0.15, -0.1) is 0 Å². The third-order valence-electron chi connectivity index (χ3n) is 4.26. The van der Waals surface area contributed by atoms with Crippen molar-refractivity contribution in [2.24, 2.45) is 5.41 Å². The van der Waals surface area contributed by atoms with Crippen molar-refractivity contribution < 1.29 is 9.50 Å². The van der Waals surface area contributed by atoms with Gasteiger partial charge < -0.3 is 10.4 Å². The maximum absolute atomic E-state index is 14.5. The Balaban J connectivity index is 2.52. The fourth-order valence-electron chi connectivity index (χ4n) is 3.02. The minimum absolute atomic E-state index is 0.0225. The molecular weight excluding hydrogens is 291 g/mol. The number of aliphatic hydroxyl groups excluding tert-OH is 1. The summed E-state index contributed by atoms with van der Waals surface area (Å²) in [6.07, 6.45) is 0. The molecule has 1 aliphatic rings. The Labute approximate surface area is 131 Å². The average Bonchev–Trinajstić information content (AvgIpc) is 2.48. The maximum atomic E-state index is 14.5. The maximum Gasteiger partial charge on any atom is 0.129 e. The molecule has 1 saturated heterocycles. The number of aryl methyl sites for hydroxylation is 1. The standard InChI is InChI=1S/C16H24ClFN2O/c1-11-4-5-12(18)13(14(11)17)15(16(2,3)10-21)20-8-6-19-7-9-20/h4-5,15,19,21H,6-10H2,1-3H3/t15-/m1/s1. The van der Waals surface area contributed by atoms with E-state index >= 15 is 0 Å². The zero-order valence-electron chi connectivity index (χ0n) is 12.9. The molecule has 118 valence electrons. The largest absolute Gasteiger partial charge is 0.396 e. The smallest absolute Gasteiger partial charge is 0.129 e. The highest BCUT2D eigenvalue weighted by atomic mass is 35.5. The Morgan fingerprint density at radius 1 is 1.38 bits per heavy atom. The summed E-state index contributed by atoms with van der Waals surface area (Å²) < 4.78 is 14.5. The van der Waals surface area contributed by atoms with E-state index in [1.54, 1.807) is 6.07 Å². The van der Waals surface area contributed by atoms with Crippen molar-refractivity contribution in [3.8, 4) is 0 Å². The van der Waals surface area contributed by atoms with Crippen LogP contribution in [0.2, 0.25) is 5.02 Å². The lowest BCUT2D eigenvalue weighted by molar-refractivity contribution is 0.0287. The van der Waals surface area contributed by atoms with Crippen LogP contribution in [-0.4, -0.2) is 42.8 Å². The number of aliphatic hydroxyl groups is 1. The SMILES string of the molecule is Cc1ccc(F)c([C@@H](N2CCNCC2)C(C)(C)CO)c1Cl. The van der Waals surface area contributed by atoms with Crippen molar-refractivity contribution in [3.05, 3.63) is 34.1 Å². The molecule has 1 heterocycles. The van der Waals surface area contributed by atoms with E-state index in [9.17, 15) is 9.50 Å². The Kier molecular flexibility index (Phi) is 5.25. The number of hydrogen-bond acceptors (Lipinski definition) is 3. The number of nitrogens with one attached hydrogen (secondary N) is 1. The van der Waals surface area contributed by atoms with E-state index in [2.05, 4.69) is 10.2 Å². The minimum atomic E-state index is -0.477. The van der Waals surface area contributed by atoms with Crippen molar-refractivity contribution in [2.45, 2.75) is 26.8 Å².